The highest BCUT2D eigenvalue weighted by Crippen LogP contribution is 2.21. The molecule has 1 N–H and O–H groups in total. The van der Waals surface area contributed by atoms with Gasteiger partial charge in [0.25, 0.3) is 0 Å². The van der Waals surface area contributed by atoms with E-state index in [0.29, 0.717) is 13.1 Å². The van der Waals surface area contributed by atoms with Crippen molar-refractivity contribution >= 4 is 6.03 Å². The average molecular weight is 380 g/mol. The lowest BCUT2D eigenvalue weighted by molar-refractivity contribution is 0.187. The SMILES string of the molecule is Cc1nn(C)c(C)c1[C@H](C)NC(=O)N(CCc1ccccc1)Cc1ccco1. The van der Waals surface area contributed by atoms with E-state index in [4.69, 9.17) is 4.42 Å². The number of amides is 2. The van der Waals surface area contributed by atoms with Gasteiger partial charge in [-0.05, 0) is 44.9 Å². The Morgan fingerprint density at radius 2 is 1.96 bits per heavy atom. The van der Waals surface area contributed by atoms with Crippen molar-refractivity contribution in [2.75, 3.05) is 6.54 Å². The van der Waals surface area contributed by atoms with Crippen LogP contribution in [0, 0.1) is 13.8 Å². The molecule has 6 nitrogen and oxygen atoms in total. The molecule has 0 aliphatic carbocycles. The minimum Gasteiger partial charge on any atom is -0.467 e. The van der Waals surface area contributed by atoms with E-state index >= 15 is 0 Å². The lowest BCUT2D eigenvalue weighted by atomic mass is 10.1. The van der Waals surface area contributed by atoms with Crippen LogP contribution >= 0.6 is 0 Å². The number of benzene rings is 1. The summed E-state index contributed by atoms with van der Waals surface area (Å²) in [6.07, 6.45) is 2.42. The van der Waals surface area contributed by atoms with E-state index in [2.05, 4.69) is 22.5 Å². The van der Waals surface area contributed by atoms with Crippen LogP contribution in [0.2, 0.25) is 0 Å². The van der Waals surface area contributed by atoms with Crippen LogP contribution in [0.15, 0.2) is 53.1 Å². The van der Waals surface area contributed by atoms with Crippen molar-refractivity contribution in [3.63, 3.8) is 0 Å². The second kappa shape index (κ2) is 8.78. The Balaban J connectivity index is 1.71. The molecular weight excluding hydrogens is 352 g/mol. The van der Waals surface area contributed by atoms with Crippen LogP contribution in [0.5, 0.6) is 0 Å². The van der Waals surface area contributed by atoms with Gasteiger partial charge in [0, 0.05) is 24.8 Å². The zero-order valence-electron chi connectivity index (χ0n) is 17.0. The number of rotatable bonds is 7. The first-order valence-electron chi connectivity index (χ1n) is 9.57. The van der Waals surface area contributed by atoms with Crippen molar-refractivity contribution in [3.8, 4) is 0 Å². The zero-order valence-corrected chi connectivity index (χ0v) is 17.0. The van der Waals surface area contributed by atoms with Gasteiger partial charge in [0.15, 0.2) is 0 Å². The first kappa shape index (κ1) is 19.7. The molecule has 0 saturated carbocycles. The zero-order chi connectivity index (χ0) is 20.1. The number of urea groups is 1. The van der Waals surface area contributed by atoms with Gasteiger partial charge in [-0.25, -0.2) is 4.79 Å². The molecule has 1 atom stereocenters. The van der Waals surface area contributed by atoms with E-state index < -0.39 is 0 Å². The Morgan fingerprint density at radius 3 is 2.57 bits per heavy atom. The second-order valence-electron chi connectivity index (χ2n) is 7.12. The van der Waals surface area contributed by atoms with Gasteiger partial charge in [0.1, 0.15) is 5.76 Å². The predicted molar refractivity (Wildman–Crippen MR) is 109 cm³/mol. The van der Waals surface area contributed by atoms with E-state index in [0.717, 1.165) is 29.1 Å². The van der Waals surface area contributed by atoms with Crippen molar-refractivity contribution in [3.05, 3.63) is 77.0 Å². The van der Waals surface area contributed by atoms with Crippen LogP contribution in [-0.4, -0.2) is 27.3 Å². The van der Waals surface area contributed by atoms with Crippen molar-refractivity contribution in [1.29, 1.82) is 0 Å². The van der Waals surface area contributed by atoms with Gasteiger partial charge in [0.05, 0.1) is 24.5 Å². The highest BCUT2D eigenvalue weighted by molar-refractivity contribution is 5.74. The van der Waals surface area contributed by atoms with Crippen LogP contribution in [0.3, 0.4) is 0 Å². The highest BCUT2D eigenvalue weighted by atomic mass is 16.3. The fraction of sp³-hybridized carbons (Fsp3) is 0.364. The summed E-state index contributed by atoms with van der Waals surface area (Å²) < 4.78 is 7.31. The number of carbonyl (C=O) groups is 1. The summed E-state index contributed by atoms with van der Waals surface area (Å²) >= 11 is 0. The maximum absolute atomic E-state index is 13.0. The lowest BCUT2D eigenvalue weighted by Gasteiger charge is -2.25. The Labute approximate surface area is 166 Å². The van der Waals surface area contributed by atoms with E-state index in [9.17, 15) is 4.79 Å². The van der Waals surface area contributed by atoms with Gasteiger partial charge in [-0.15, -0.1) is 0 Å². The average Bonchev–Trinajstić information content (AvgIpc) is 3.27. The topological polar surface area (TPSA) is 63.3 Å². The minimum absolute atomic E-state index is 0.109. The number of aryl methyl sites for hydroxylation is 2. The monoisotopic (exact) mass is 380 g/mol. The number of furan rings is 1. The van der Waals surface area contributed by atoms with Gasteiger partial charge in [-0.3, -0.25) is 4.68 Å². The maximum Gasteiger partial charge on any atom is 0.318 e. The molecule has 0 spiro atoms. The summed E-state index contributed by atoms with van der Waals surface area (Å²) in [5.41, 5.74) is 4.27. The van der Waals surface area contributed by atoms with Crippen LogP contribution in [-0.2, 0) is 20.0 Å². The molecule has 3 rings (SSSR count). The summed E-state index contributed by atoms with van der Waals surface area (Å²) in [5.74, 6) is 0.768. The third kappa shape index (κ3) is 4.63. The molecule has 0 aliphatic heterocycles. The molecule has 0 aliphatic rings. The number of carbonyl (C=O) groups excluding carboxylic acids is 1. The molecular formula is C22H28N4O2. The standard InChI is InChI=1S/C22H28N4O2/c1-16(21-17(2)24-25(4)18(21)3)23-22(27)26(15-20-11-8-14-28-20)13-12-19-9-6-5-7-10-19/h5-11,14,16H,12-13,15H2,1-4H3,(H,23,27)/t16-/m0/s1. The Morgan fingerprint density at radius 1 is 1.21 bits per heavy atom. The second-order valence-corrected chi connectivity index (χ2v) is 7.12. The molecule has 0 radical (unpaired) electrons. The number of nitrogens with zero attached hydrogens (tertiary/aromatic N) is 3. The Kier molecular flexibility index (Phi) is 6.19. The summed E-state index contributed by atoms with van der Waals surface area (Å²) in [6, 6.07) is 13.7. The van der Waals surface area contributed by atoms with Crippen LogP contribution in [0.1, 0.15) is 41.2 Å². The summed E-state index contributed by atoms with van der Waals surface area (Å²) in [5, 5.41) is 7.59. The van der Waals surface area contributed by atoms with Crippen molar-refractivity contribution < 1.29 is 9.21 Å². The third-order valence-electron chi connectivity index (χ3n) is 5.07. The van der Waals surface area contributed by atoms with Crippen LogP contribution in [0.25, 0.3) is 0 Å². The maximum atomic E-state index is 13.0. The number of hydrogen-bond acceptors (Lipinski definition) is 3. The normalized spacial score (nSPS) is 12.0. The minimum atomic E-state index is -0.128. The van der Waals surface area contributed by atoms with Crippen molar-refractivity contribution in [1.82, 2.24) is 20.0 Å². The van der Waals surface area contributed by atoms with Gasteiger partial charge in [-0.1, -0.05) is 30.3 Å². The molecule has 2 heterocycles. The summed E-state index contributed by atoms with van der Waals surface area (Å²) in [7, 11) is 1.92. The number of nitrogens with one attached hydrogen (secondary N) is 1. The highest BCUT2D eigenvalue weighted by Gasteiger charge is 2.22. The Hall–Kier alpha value is -3.02. The van der Waals surface area contributed by atoms with Gasteiger partial charge in [-0.2, -0.15) is 5.10 Å². The molecule has 148 valence electrons. The molecule has 28 heavy (non-hydrogen) atoms. The van der Waals surface area contributed by atoms with Crippen LogP contribution < -0.4 is 5.32 Å². The van der Waals surface area contributed by atoms with Crippen molar-refractivity contribution in [2.45, 2.75) is 39.8 Å². The third-order valence-corrected chi connectivity index (χ3v) is 5.07. The molecule has 0 fully saturated rings. The largest absolute Gasteiger partial charge is 0.467 e. The Bertz CT molecular complexity index is 900. The molecule has 1 aromatic carbocycles. The van der Waals surface area contributed by atoms with Crippen molar-refractivity contribution in [2.24, 2.45) is 7.05 Å². The van der Waals surface area contributed by atoms with Gasteiger partial charge >= 0.3 is 6.03 Å². The van der Waals surface area contributed by atoms with Crippen LogP contribution in [0.4, 0.5) is 4.79 Å². The molecule has 2 aromatic heterocycles. The lowest BCUT2D eigenvalue weighted by Crippen LogP contribution is -2.41. The van der Waals surface area contributed by atoms with E-state index in [-0.39, 0.29) is 12.1 Å². The first-order chi connectivity index (χ1) is 13.5. The fourth-order valence-electron chi connectivity index (χ4n) is 3.52. The van der Waals surface area contributed by atoms with E-state index in [1.807, 2.05) is 62.8 Å². The van der Waals surface area contributed by atoms with E-state index in [1.54, 1.807) is 11.2 Å². The molecule has 0 unspecified atom stereocenters. The molecule has 6 heteroatoms. The quantitative estimate of drug-likeness (QED) is 0.670. The summed E-state index contributed by atoms with van der Waals surface area (Å²) in [6.45, 7) is 7.03. The fourth-order valence-corrected chi connectivity index (χ4v) is 3.52. The summed E-state index contributed by atoms with van der Waals surface area (Å²) in [4.78, 5) is 14.8. The molecule has 3 aromatic rings. The molecule has 0 bridgehead atoms. The molecule has 2 amide bonds. The number of aromatic nitrogens is 2. The molecule has 0 saturated heterocycles. The van der Waals surface area contributed by atoms with Gasteiger partial charge in [0.2, 0.25) is 0 Å². The number of hydrogen-bond donors (Lipinski definition) is 1. The smallest absolute Gasteiger partial charge is 0.318 e. The van der Waals surface area contributed by atoms with Gasteiger partial charge < -0.3 is 14.6 Å². The first-order valence-corrected chi connectivity index (χ1v) is 9.57. The predicted octanol–water partition coefficient (Wildman–Crippen LogP) is 4.15. The van der Waals surface area contributed by atoms with E-state index in [1.165, 1.54) is 5.56 Å².